The Hall–Kier alpha value is -18.9. The Balaban J connectivity index is 0.000000110. The normalized spacial score (nSPS) is 11.5. The lowest BCUT2D eigenvalue weighted by Crippen LogP contribution is -2.00. The summed E-state index contributed by atoms with van der Waals surface area (Å²) in [6.45, 7) is 0. The predicted octanol–water partition coefficient (Wildman–Crippen LogP) is 31.9. The van der Waals surface area contributed by atoms with Crippen molar-refractivity contribution in [2.45, 2.75) is 0 Å². The fraction of sp³-hybridized carbons (Fsp3) is 0. The first kappa shape index (κ1) is 82.0. The van der Waals surface area contributed by atoms with Gasteiger partial charge in [-0.3, -0.25) is 0 Å². The molecule has 6 heterocycles. The SMILES string of the molecule is c1ccc(-c2ccc3c4cc5ccccc5cc4n(-c4ccc(-c5nc(-c6ccccc6)nc(-c6ccccc6)n5)cc4)c3c2)cc1.c1ccc(-c2nc(-c3ccccc3)nc(-c3ccc(-n4c5cc6ccccc6cc5c5ccc6ccccc6c54)cc3)n2)cc1.c1ccc(-c2nc(-c3ccccc3)nc(-c3ccc(-n4c5cc6ccccc6cc5c5cccc(-c6ccccc6)c54)cc3)n2)cc1. The van der Waals surface area contributed by atoms with Crippen molar-refractivity contribution < 1.29 is 0 Å². The van der Waals surface area contributed by atoms with Crippen molar-refractivity contribution in [2.24, 2.45) is 0 Å². The molecule has 12 heteroatoms. The molecule has 0 unspecified atom stereocenters. The smallest absolute Gasteiger partial charge is 0.164 e. The zero-order valence-electron chi connectivity index (χ0n) is 75.2. The second-order valence-corrected chi connectivity index (χ2v) is 34.8. The Kier molecular flexibility index (Phi) is 21.0. The van der Waals surface area contributed by atoms with Crippen LogP contribution < -0.4 is 0 Å². The van der Waals surface area contributed by atoms with Crippen LogP contribution in [0, 0.1) is 0 Å². The number of nitrogens with zero attached hydrogens (tertiary/aromatic N) is 12. The molecule has 12 nitrogen and oxygen atoms in total. The van der Waals surface area contributed by atoms with Gasteiger partial charge < -0.3 is 13.7 Å². The predicted molar refractivity (Wildman–Crippen MR) is 572 cm³/mol. The van der Waals surface area contributed by atoms with Crippen molar-refractivity contribution in [1.82, 2.24) is 58.6 Å². The van der Waals surface area contributed by atoms with Gasteiger partial charge in [-0.05, 0) is 170 Å². The summed E-state index contributed by atoms with van der Waals surface area (Å²) in [5.74, 6) is 5.86. The largest absolute Gasteiger partial charge is 0.309 e. The molecule has 650 valence electrons. The third kappa shape index (κ3) is 15.6. The number of para-hydroxylation sites is 1. The number of rotatable bonds is 14. The molecule has 139 heavy (non-hydrogen) atoms. The lowest BCUT2D eigenvalue weighted by Gasteiger charge is -2.13. The summed E-state index contributed by atoms with van der Waals surface area (Å²) in [4.78, 5) is 44.2. The minimum absolute atomic E-state index is 0.641. The van der Waals surface area contributed by atoms with E-state index in [1.54, 1.807) is 0 Å². The number of hydrogen-bond acceptors (Lipinski definition) is 9. The maximum atomic E-state index is 4.95. The molecule has 6 aromatic heterocycles. The minimum atomic E-state index is 0.641. The van der Waals surface area contributed by atoms with Crippen molar-refractivity contribution in [1.29, 1.82) is 0 Å². The van der Waals surface area contributed by atoms with Gasteiger partial charge in [-0.1, -0.05) is 382 Å². The zero-order valence-corrected chi connectivity index (χ0v) is 75.2. The number of fused-ring (bicyclic) bond motifs is 14. The summed E-state index contributed by atoms with van der Waals surface area (Å²) in [6, 6.07) is 174. The van der Waals surface area contributed by atoms with Crippen LogP contribution in [0.25, 0.3) is 250 Å². The van der Waals surface area contributed by atoms with E-state index in [0.29, 0.717) is 52.4 Å². The molecule has 0 N–H and O–H groups in total. The molecule has 0 amide bonds. The van der Waals surface area contributed by atoms with E-state index >= 15 is 0 Å². The standard InChI is InChI=1S/2C43H28N4.C41H26N4/c1-4-13-29(14-5-1)36-21-12-22-37-38-27-33-19-10-11-20-34(33)28-39(38)47(40(36)37)35-25-23-32(24-26-35)43-45-41(30-15-6-2-7-16-30)44-42(46-43)31-17-8-3-9-18-31;1-4-12-29(13-5-1)35-22-25-37-38-26-33-18-10-11-19-34(33)27-40(38)47(39(37)28-35)36-23-20-32(21-24-36)43-45-41(30-14-6-2-7-15-30)44-42(46-43)31-16-8-3-9-17-31;1-3-12-28(13-4-1)39-42-40(29-14-5-2-6-15-29)44-41(43-39)30-19-22-33(23-20-30)45-37-26-32-17-8-7-16-31(32)25-36(37)35-24-21-27-11-9-10-18-34(27)38(35)45/h2*1-28H;1-26H. The first-order valence-corrected chi connectivity index (χ1v) is 46.7. The Morgan fingerprint density at radius 2 is 0.360 bits per heavy atom. The monoisotopic (exact) mass is 1770 g/mol. The summed E-state index contributed by atoms with van der Waals surface area (Å²) in [5, 5.41) is 17.3. The summed E-state index contributed by atoms with van der Waals surface area (Å²) in [7, 11) is 0. The highest BCUT2D eigenvalue weighted by Crippen LogP contribution is 2.45. The van der Waals surface area contributed by atoms with E-state index in [0.717, 1.165) is 67.1 Å². The van der Waals surface area contributed by atoms with Gasteiger partial charge in [0.2, 0.25) is 0 Å². The van der Waals surface area contributed by atoms with Crippen LogP contribution in [0.2, 0.25) is 0 Å². The van der Waals surface area contributed by atoms with Crippen LogP contribution in [-0.4, -0.2) is 58.6 Å². The van der Waals surface area contributed by atoms with Crippen molar-refractivity contribution >= 4 is 109 Å². The van der Waals surface area contributed by atoms with Crippen molar-refractivity contribution in [3.05, 3.63) is 497 Å². The number of hydrogen-bond donors (Lipinski definition) is 0. The van der Waals surface area contributed by atoms with Gasteiger partial charge >= 0.3 is 0 Å². The Morgan fingerprint density at radius 3 is 0.712 bits per heavy atom. The van der Waals surface area contributed by atoms with Crippen LogP contribution >= 0.6 is 0 Å². The van der Waals surface area contributed by atoms with Crippen molar-refractivity contribution in [2.75, 3.05) is 0 Å². The molecule has 0 atom stereocenters. The van der Waals surface area contributed by atoms with Gasteiger partial charge in [0.1, 0.15) is 0 Å². The molecule has 0 saturated carbocycles. The highest BCUT2D eigenvalue weighted by Gasteiger charge is 2.24. The van der Waals surface area contributed by atoms with E-state index in [4.69, 9.17) is 44.9 Å². The molecular weight excluding hydrogens is 1690 g/mol. The maximum Gasteiger partial charge on any atom is 0.164 e. The molecule has 0 aliphatic heterocycles. The highest BCUT2D eigenvalue weighted by molar-refractivity contribution is 6.22. The van der Waals surface area contributed by atoms with Crippen molar-refractivity contribution in [3.63, 3.8) is 0 Å². The number of benzene rings is 21. The zero-order chi connectivity index (χ0) is 92.1. The second-order valence-electron chi connectivity index (χ2n) is 34.8. The molecule has 0 aliphatic rings. The molecule has 0 radical (unpaired) electrons. The van der Waals surface area contributed by atoms with E-state index in [2.05, 4.69) is 329 Å². The summed E-state index contributed by atoms with van der Waals surface area (Å²) in [6.07, 6.45) is 0. The Labute approximate surface area is 800 Å². The van der Waals surface area contributed by atoms with Crippen LogP contribution in [0.15, 0.2) is 497 Å². The first-order chi connectivity index (χ1) is 68.9. The third-order valence-corrected chi connectivity index (χ3v) is 26.2. The van der Waals surface area contributed by atoms with E-state index in [1.807, 2.05) is 182 Å². The molecule has 27 rings (SSSR count). The fourth-order valence-corrected chi connectivity index (χ4v) is 19.5. The minimum Gasteiger partial charge on any atom is -0.309 e. The topological polar surface area (TPSA) is 131 Å². The first-order valence-electron chi connectivity index (χ1n) is 46.7. The van der Waals surface area contributed by atoms with E-state index in [-0.39, 0.29) is 0 Å². The molecule has 0 aliphatic carbocycles. The average molecular weight is 1780 g/mol. The van der Waals surface area contributed by atoms with Crippen LogP contribution in [0.5, 0.6) is 0 Å². The van der Waals surface area contributed by atoms with Gasteiger partial charge in [-0.25, -0.2) is 44.9 Å². The lowest BCUT2D eigenvalue weighted by molar-refractivity contribution is 1.07. The van der Waals surface area contributed by atoms with E-state index in [9.17, 15) is 0 Å². The van der Waals surface area contributed by atoms with Crippen LogP contribution in [0.3, 0.4) is 0 Å². The molecular formula is C127H82N12. The van der Waals surface area contributed by atoms with Crippen molar-refractivity contribution in [3.8, 4) is 142 Å². The van der Waals surface area contributed by atoms with Gasteiger partial charge in [0.05, 0.1) is 33.1 Å². The summed E-state index contributed by atoms with van der Waals surface area (Å²) in [5.41, 5.74) is 23.7. The average Bonchev–Trinajstić information content (AvgIpc) is 1.58. The maximum absolute atomic E-state index is 4.95. The van der Waals surface area contributed by atoms with E-state index in [1.165, 1.54) is 131 Å². The van der Waals surface area contributed by atoms with Crippen LogP contribution in [-0.2, 0) is 0 Å². The molecule has 21 aromatic carbocycles. The quantitative estimate of drug-likeness (QED) is 0.104. The van der Waals surface area contributed by atoms with Gasteiger partial charge in [0.15, 0.2) is 52.4 Å². The molecule has 0 spiro atoms. The molecule has 0 bridgehead atoms. The Bertz CT molecular complexity index is 9140. The van der Waals surface area contributed by atoms with Gasteiger partial charge in [-0.15, -0.1) is 0 Å². The second kappa shape index (κ2) is 35.6. The molecule has 0 saturated heterocycles. The van der Waals surface area contributed by atoms with Crippen LogP contribution in [0.4, 0.5) is 0 Å². The number of aromatic nitrogens is 12. The summed E-state index contributed by atoms with van der Waals surface area (Å²) >= 11 is 0. The lowest BCUT2D eigenvalue weighted by atomic mass is 10.0. The van der Waals surface area contributed by atoms with Crippen LogP contribution in [0.1, 0.15) is 0 Å². The Morgan fingerprint density at radius 1 is 0.122 bits per heavy atom. The van der Waals surface area contributed by atoms with Gasteiger partial charge in [0, 0.05) is 110 Å². The van der Waals surface area contributed by atoms with Gasteiger partial charge in [0.25, 0.3) is 0 Å². The summed E-state index contributed by atoms with van der Waals surface area (Å²) < 4.78 is 7.19. The fourth-order valence-electron chi connectivity index (χ4n) is 19.5. The molecule has 0 fully saturated rings. The molecule has 27 aromatic rings. The third-order valence-electron chi connectivity index (χ3n) is 26.2. The van der Waals surface area contributed by atoms with E-state index < -0.39 is 0 Å². The van der Waals surface area contributed by atoms with Gasteiger partial charge in [-0.2, -0.15) is 0 Å². The highest BCUT2D eigenvalue weighted by atomic mass is 15.1.